The highest BCUT2D eigenvalue weighted by Gasteiger charge is 2.31. The average molecular weight is 367 g/mol. The van der Waals surface area contributed by atoms with E-state index in [1.165, 1.54) is 22.9 Å². The predicted molar refractivity (Wildman–Crippen MR) is 90.6 cm³/mol. The summed E-state index contributed by atoms with van der Waals surface area (Å²) in [5.41, 5.74) is 0.490. The molecule has 2 rings (SSSR count). The number of halogens is 3. The Balaban J connectivity index is 2.42. The molecule has 0 aliphatic carbocycles. The number of unbranched alkanes of at least 4 members (excludes halogenated alkanes) is 1. The highest BCUT2D eigenvalue weighted by molar-refractivity contribution is 5.87. The lowest BCUT2D eigenvalue weighted by atomic mass is 10.1. The Morgan fingerprint density at radius 2 is 2.08 bits per heavy atom. The molecule has 1 aromatic heterocycles. The Kier molecular flexibility index (Phi) is 6.54. The highest BCUT2D eigenvalue weighted by atomic mass is 19.4. The SMILES string of the molecule is CCCCc1cn(-c2cc(C(F)(F)F)ccc2/C=C/C(=O)OCC)nn1. The van der Waals surface area contributed by atoms with Gasteiger partial charge < -0.3 is 4.74 Å². The number of rotatable bonds is 7. The van der Waals surface area contributed by atoms with Gasteiger partial charge in [-0.25, -0.2) is 9.48 Å². The summed E-state index contributed by atoms with van der Waals surface area (Å²) in [6, 6.07) is 3.24. The van der Waals surface area contributed by atoms with Crippen molar-refractivity contribution in [3.8, 4) is 5.69 Å². The third-order valence-electron chi connectivity index (χ3n) is 3.62. The molecule has 140 valence electrons. The van der Waals surface area contributed by atoms with Crippen molar-refractivity contribution in [2.24, 2.45) is 0 Å². The molecule has 0 aliphatic rings. The molecule has 0 spiro atoms. The average Bonchev–Trinajstić information content (AvgIpc) is 3.06. The van der Waals surface area contributed by atoms with Gasteiger partial charge in [0.15, 0.2) is 0 Å². The van der Waals surface area contributed by atoms with Crippen molar-refractivity contribution in [3.05, 3.63) is 47.3 Å². The van der Waals surface area contributed by atoms with Crippen LogP contribution in [0.25, 0.3) is 11.8 Å². The number of aryl methyl sites for hydroxylation is 1. The van der Waals surface area contributed by atoms with Gasteiger partial charge in [0.05, 0.1) is 29.7 Å². The van der Waals surface area contributed by atoms with Gasteiger partial charge in [0.1, 0.15) is 0 Å². The largest absolute Gasteiger partial charge is 0.463 e. The second kappa shape index (κ2) is 8.64. The minimum Gasteiger partial charge on any atom is -0.463 e. The van der Waals surface area contributed by atoms with Crippen LogP contribution in [0.1, 0.15) is 43.5 Å². The molecule has 0 atom stereocenters. The van der Waals surface area contributed by atoms with Crippen molar-refractivity contribution in [1.29, 1.82) is 0 Å². The number of benzene rings is 1. The fraction of sp³-hybridized carbons (Fsp3) is 0.389. The number of esters is 1. The molecule has 0 radical (unpaired) electrons. The quantitative estimate of drug-likeness (QED) is 0.543. The number of carbonyl (C=O) groups is 1. The zero-order valence-corrected chi connectivity index (χ0v) is 14.6. The molecule has 8 heteroatoms. The van der Waals surface area contributed by atoms with Gasteiger partial charge in [0.2, 0.25) is 0 Å². The molecular formula is C18H20F3N3O2. The second-order valence-corrected chi connectivity index (χ2v) is 5.61. The maximum absolute atomic E-state index is 13.1. The van der Waals surface area contributed by atoms with Crippen LogP contribution >= 0.6 is 0 Å². The van der Waals surface area contributed by atoms with E-state index >= 15 is 0 Å². The summed E-state index contributed by atoms with van der Waals surface area (Å²) in [5.74, 6) is -0.569. The van der Waals surface area contributed by atoms with Gasteiger partial charge in [-0.1, -0.05) is 24.6 Å². The monoisotopic (exact) mass is 367 g/mol. The van der Waals surface area contributed by atoms with E-state index in [1.54, 1.807) is 13.1 Å². The number of hydrogen-bond acceptors (Lipinski definition) is 4. The summed E-state index contributed by atoms with van der Waals surface area (Å²) in [6.07, 6.45) is 2.28. The first-order valence-corrected chi connectivity index (χ1v) is 8.32. The fourth-order valence-corrected chi connectivity index (χ4v) is 2.30. The van der Waals surface area contributed by atoms with E-state index in [-0.39, 0.29) is 12.3 Å². The van der Waals surface area contributed by atoms with E-state index in [0.29, 0.717) is 17.7 Å². The Labute approximate surface area is 149 Å². The Morgan fingerprint density at radius 1 is 1.31 bits per heavy atom. The standard InChI is InChI=1S/C18H20F3N3O2/c1-3-5-6-15-12-24(23-22-15)16-11-14(18(19,20)21)9-7-13(16)8-10-17(25)26-4-2/h7-12H,3-6H2,1-2H3/b10-8+. The molecule has 1 heterocycles. The van der Waals surface area contributed by atoms with Crippen LogP contribution in [0.2, 0.25) is 0 Å². The summed E-state index contributed by atoms with van der Waals surface area (Å²) in [4.78, 5) is 11.5. The minimum atomic E-state index is -4.48. The summed E-state index contributed by atoms with van der Waals surface area (Å²) in [5, 5.41) is 7.94. The first-order valence-electron chi connectivity index (χ1n) is 8.32. The molecule has 0 N–H and O–H groups in total. The molecule has 5 nitrogen and oxygen atoms in total. The molecular weight excluding hydrogens is 347 g/mol. The van der Waals surface area contributed by atoms with Gasteiger partial charge >= 0.3 is 12.1 Å². The Hall–Kier alpha value is -2.64. The van der Waals surface area contributed by atoms with Gasteiger partial charge in [0.25, 0.3) is 0 Å². The fourth-order valence-electron chi connectivity index (χ4n) is 2.30. The zero-order valence-electron chi connectivity index (χ0n) is 14.6. The topological polar surface area (TPSA) is 57.0 Å². The Morgan fingerprint density at radius 3 is 2.73 bits per heavy atom. The third kappa shape index (κ3) is 5.18. The number of aromatic nitrogens is 3. The number of ether oxygens (including phenoxy) is 1. The van der Waals surface area contributed by atoms with Crippen LogP contribution in [0.5, 0.6) is 0 Å². The lowest BCUT2D eigenvalue weighted by Gasteiger charge is -2.11. The van der Waals surface area contributed by atoms with Gasteiger partial charge in [0, 0.05) is 11.6 Å². The molecule has 0 fully saturated rings. The van der Waals surface area contributed by atoms with Gasteiger partial charge in [-0.15, -0.1) is 5.10 Å². The number of nitrogens with zero attached hydrogens (tertiary/aromatic N) is 3. The molecule has 0 unspecified atom stereocenters. The molecule has 0 saturated heterocycles. The second-order valence-electron chi connectivity index (χ2n) is 5.61. The summed E-state index contributed by atoms with van der Waals surface area (Å²) < 4.78 is 45.3. The molecule has 0 saturated carbocycles. The van der Waals surface area contributed by atoms with E-state index in [1.807, 2.05) is 6.92 Å². The summed E-state index contributed by atoms with van der Waals surface area (Å²) in [6.45, 7) is 3.92. The minimum absolute atomic E-state index is 0.190. The normalized spacial score (nSPS) is 11.9. The van der Waals surface area contributed by atoms with Crippen molar-refractivity contribution in [3.63, 3.8) is 0 Å². The number of carbonyl (C=O) groups excluding carboxylic acids is 1. The summed E-state index contributed by atoms with van der Waals surface area (Å²) in [7, 11) is 0. The first kappa shape index (κ1) is 19.7. The number of alkyl halides is 3. The van der Waals surface area contributed by atoms with Crippen molar-refractivity contribution in [2.75, 3.05) is 6.61 Å². The third-order valence-corrected chi connectivity index (χ3v) is 3.62. The summed E-state index contributed by atoms with van der Waals surface area (Å²) >= 11 is 0. The molecule has 0 bridgehead atoms. The highest BCUT2D eigenvalue weighted by Crippen LogP contribution is 2.32. The van der Waals surface area contributed by atoms with E-state index in [0.717, 1.165) is 25.0 Å². The Bertz CT molecular complexity index is 782. The van der Waals surface area contributed by atoms with Gasteiger partial charge in [-0.3, -0.25) is 0 Å². The van der Waals surface area contributed by atoms with Crippen LogP contribution in [-0.4, -0.2) is 27.6 Å². The van der Waals surface area contributed by atoms with Crippen LogP contribution in [0.3, 0.4) is 0 Å². The van der Waals surface area contributed by atoms with Crippen LogP contribution in [0, 0.1) is 0 Å². The molecule has 1 aromatic carbocycles. The molecule has 2 aromatic rings. The van der Waals surface area contributed by atoms with Crippen LogP contribution in [0.15, 0.2) is 30.5 Å². The molecule has 0 amide bonds. The van der Waals surface area contributed by atoms with E-state index in [2.05, 4.69) is 10.3 Å². The smallest absolute Gasteiger partial charge is 0.416 e. The van der Waals surface area contributed by atoms with Crippen LogP contribution < -0.4 is 0 Å². The predicted octanol–water partition coefficient (Wildman–Crippen LogP) is 4.21. The van der Waals surface area contributed by atoms with E-state index < -0.39 is 17.7 Å². The van der Waals surface area contributed by atoms with E-state index in [4.69, 9.17) is 4.74 Å². The maximum atomic E-state index is 13.1. The number of hydrogen-bond donors (Lipinski definition) is 0. The lowest BCUT2D eigenvalue weighted by Crippen LogP contribution is -2.08. The lowest BCUT2D eigenvalue weighted by molar-refractivity contribution is -0.138. The van der Waals surface area contributed by atoms with Crippen LogP contribution in [-0.2, 0) is 22.1 Å². The van der Waals surface area contributed by atoms with Crippen molar-refractivity contribution in [1.82, 2.24) is 15.0 Å². The molecule has 26 heavy (non-hydrogen) atoms. The van der Waals surface area contributed by atoms with Gasteiger partial charge in [-0.2, -0.15) is 13.2 Å². The van der Waals surface area contributed by atoms with E-state index in [9.17, 15) is 18.0 Å². The van der Waals surface area contributed by atoms with Crippen molar-refractivity contribution < 1.29 is 22.7 Å². The van der Waals surface area contributed by atoms with Crippen LogP contribution in [0.4, 0.5) is 13.2 Å². The molecule has 0 aliphatic heterocycles. The first-order chi connectivity index (χ1) is 12.3. The maximum Gasteiger partial charge on any atom is 0.416 e. The van der Waals surface area contributed by atoms with Crippen molar-refractivity contribution >= 4 is 12.0 Å². The zero-order chi connectivity index (χ0) is 19.2. The van der Waals surface area contributed by atoms with Crippen molar-refractivity contribution in [2.45, 2.75) is 39.3 Å². The van der Waals surface area contributed by atoms with Gasteiger partial charge in [-0.05, 0) is 38.0 Å².